The van der Waals surface area contributed by atoms with Crippen molar-refractivity contribution in [3.05, 3.63) is 40.1 Å². The van der Waals surface area contributed by atoms with E-state index in [1.54, 1.807) is 17.4 Å². The van der Waals surface area contributed by atoms with Crippen molar-refractivity contribution >= 4 is 22.7 Å². The first-order chi connectivity index (χ1) is 11.7. The zero-order valence-electron chi connectivity index (χ0n) is 14.2. The summed E-state index contributed by atoms with van der Waals surface area (Å²) >= 11 is 1.59. The Kier molecular flexibility index (Phi) is 5.68. The molecule has 1 atom stereocenters. The fourth-order valence-electron chi connectivity index (χ4n) is 3.00. The van der Waals surface area contributed by atoms with Gasteiger partial charge in [-0.05, 0) is 38.8 Å². The summed E-state index contributed by atoms with van der Waals surface area (Å²) in [5, 5.41) is 6.21. The van der Waals surface area contributed by atoms with Crippen LogP contribution in [0.5, 0.6) is 0 Å². The molecule has 1 aromatic carbocycles. The lowest BCUT2D eigenvalue weighted by molar-refractivity contribution is 0.0761. The summed E-state index contributed by atoms with van der Waals surface area (Å²) in [5.74, 6) is -0.211. The Labute approximate surface area is 146 Å². The van der Waals surface area contributed by atoms with Gasteiger partial charge in [0.15, 0.2) is 0 Å². The molecule has 1 saturated heterocycles. The largest absolute Gasteiger partial charge is 0.375 e. The molecule has 1 aromatic heterocycles. The van der Waals surface area contributed by atoms with E-state index in [1.165, 1.54) is 18.9 Å². The van der Waals surface area contributed by atoms with Gasteiger partial charge in [0.2, 0.25) is 0 Å². The Morgan fingerprint density at radius 3 is 2.92 bits per heavy atom. The summed E-state index contributed by atoms with van der Waals surface area (Å²) < 4.78 is 19.9. The maximum atomic E-state index is 14.3. The van der Waals surface area contributed by atoms with Crippen LogP contribution in [0.4, 0.5) is 15.8 Å². The molecule has 3 rings (SSSR count). The topological polar surface area (TPSA) is 37.4 Å². The summed E-state index contributed by atoms with van der Waals surface area (Å²) in [4.78, 5) is 6.84. The highest BCUT2D eigenvalue weighted by molar-refractivity contribution is 7.09. The van der Waals surface area contributed by atoms with Crippen LogP contribution >= 0.6 is 11.3 Å². The first-order valence-electron chi connectivity index (χ1n) is 8.52. The van der Waals surface area contributed by atoms with E-state index in [0.29, 0.717) is 18.8 Å². The smallest absolute Gasteiger partial charge is 0.148 e. The van der Waals surface area contributed by atoms with Gasteiger partial charge >= 0.3 is 0 Å². The lowest BCUT2D eigenvalue weighted by Gasteiger charge is -2.22. The molecule has 2 aromatic rings. The molecule has 0 bridgehead atoms. The van der Waals surface area contributed by atoms with Crippen molar-refractivity contribution in [3.8, 4) is 0 Å². The Bertz CT molecular complexity index is 670. The van der Waals surface area contributed by atoms with E-state index in [4.69, 9.17) is 4.74 Å². The average Bonchev–Trinajstić information content (AvgIpc) is 3.25. The molecule has 0 amide bonds. The number of anilines is 2. The minimum Gasteiger partial charge on any atom is -0.375 e. The van der Waals surface area contributed by atoms with Crippen molar-refractivity contribution in [3.63, 3.8) is 0 Å². The highest BCUT2D eigenvalue weighted by atomic mass is 32.1. The molecule has 0 saturated carbocycles. The zero-order valence-corrected chi connectivity index (χ0v) is 15.0. The molecule has 1 aliphatic heterocycles. The second-order valence-electron chi connectivity index (χ2n) is 5.96. The normalized spacial score (nSPS) is 15.7. The van der Waals surface area contributed by atoms with Crippen LogP contribution in [0.15, 0.2) is 23.6 Å². The second kappa shape index (κ2) is 7.94. The molecule has 0 unspecified atom stereocenters. The molecule has 130 valence electrons. The van der Waals surface area contributed by atoms with Gasteiger partial charge in [-0.3, -0.25) is 0 Å². The molecule has 1 fully saturated rings. The van der Waals surface area contributed by atoms with Crippen molar-refractivity contribution in [2.24, 2.45) is 0 Å². The molecule has 24 heavy (non-hydrogen) atoms. The van der Waals surface area contributed by atoms with Crippen molar-refractivity contribution in [1.29, 1.82) is 0 Å². The van der Waals surface area contributed by atoms with Crippen LogP contribution in [0.25, 0.3) is 0 Å². The number of thiazole rings is 1. The van der Waals surface area contributed by atoms with Gasteiger partial charge < -0.3 is 15.0 Å². The van der Waals surface area contributed by atoms with Gasteiger partial charge in [0.25, 0.3) is 0 Å². The van der Waals surface area contributed by atoms with Gasteiger partial charge in [-0.25, -0.2) is 9.37 Å². The van der Waals surface area contributed by atoms with E-state index in [1.807, 2.05) is 25.3 Å². The number of halogens is 1. The van der Waals surface area contributed by atoms with E-state index >= 15 is 0 Å². The van der Waals surface area contributed by atoms with Crippen molar-refractivity contribution in [1.82, 2.24) is 4.98 Å². The van der Waals surface area contributed by atoms with Crippen LogP contribution in [-0.4, -0.2) is 24.7 Å². The van der Waals surface area contributed by atoms with Gasteiger partial charge in [0.05, 0.1) is 23.6 Å². The summed E-state index contributed by atoms with van der Waals surface area (Å²) in [5.41, 5.74) is 2.44. The van der Waals surface area contributed by atoms with E-state index in [0.717, 1.165) is 29.5 Å². The van der Waals surface area contributed by atoms with E-state index < -0.39 is 0 Å². The molecule has 1 N–H and O–H groups in total. The Morgan fingerprint density at radius 1 is 1.38 bits per heavy atom. The third-order valence-corrected chi connectivity index (χ3v) is 5.27. The van der Waals surface area contributed by atoms with Crippen molar-refractivity contribution < 1.29 is 9.13 Å². The van der Waals surface area contributed by atoms with E-state index in [2.05, 4.69) is 15.2 Å². The van der Waals surface area contributed by atoms with Crippen LogP contribution in [0.2, 0.25) is 0 Å². The van der Waals surface area contributed by atoms with Gasteiger partial charge in [-0.15, -0.1) is 11.3 Å². The number of hydrogen-bond donors (Lipinski definition) is 1. The fourth-order valence-corrected chi connectivity index (χ4v) is 3.82. The Hall–Kier alpha value is -1.66. The second-order valence-corrected chi connectivity index (χ2v) is 6.85. The van der Waals surface area contributed by atoms with Crippen LogP contribution in [0.1, 0.15) is 43.5 Å². The molecule has 0 aliphatic carbocycles. The number of para-hydroxylation sites is 1. The molecule has 6 heteroatoms. The minimum atomic E-state index is -0.211. The van der Waals surface area contributed by atoms with Crippen molar-refractivity contribution in [2.45, 2.75) is 39.3 Å². The lowest BCUT2D eigenvalue weighted by Crippen LogP contribution is -2.20. The number of hydrogen-bond acceptors (Lipinski definition) is 5. The summed E-state index contributed by atoms with van der Waals surface area (Å²) in [6.45, 7) is 7.14. The third-order valence-electron chi connectivity index (χ3n) is 4.22. The molecule has 1 aliphatic rings. The summed E-state index contributed by atoms with van der Waals surface area (Å²) in [6.07, 6.45) is 2.34. The van der Waals surface area contributed by atoms with Crippen LogP contribution in [-0.2, 0) is 11.3 Å². The molecule has 0 spiro atoms. The highest BCUT2D eigenvalue weighted by Crippen LogP contribution is 2.31. The van der Waals surface area contributed by atoms with Gasteiger partial charge in [-0.2, -0.15) is 0 Å². The minimum absolute atomic E-state index is 0.00220. The number of rotatable bonds is 7. The molecular formula is C18H24FN3OS. The molecule has 2 heterocycles. The first kappa shape index (κ1) is 17.2. The predicted octanol–water partition coefficient (Wildman–Crippen LogP) is 4.59. The average molecular weight is 349 g/mol. The lowest BCUT2D eigenvalue weighted by atomic mass is 10.2. The van der Waals surface area contributed by atoms with E-state index in [-0.39, 0.29) is 11.9 Å². The van der Waals surface area contributed by atoms with Crippen LogP contribution in [0, 0.1) is 5.82 Å². The number of ether oxygens (including phenoxy) is 1. The standard InChI is InChI=1S/C18H24FN3OS/c1-3-23-13(2)18-21-14(12-24-18)11-20-17-15(19)7-6-8-16(17)22-9-4-5-10-22/h6-8,12-13,20H,3-5,9-11H2,1-2H3/t13-/m1/s1. The zero-order chi connectivity index (χ0) is 16.9. The number of benzene rings is 1. The van der Waals surface area contributed by atoms with Gasteiger partial charge in [-0.1, -0.05) is 6.07 Å². The van der Waals surface area contributed by atoms with Crippen LogP contribution in [0.3, 0.4) is 0 Å². The number of nitrogens with one attached hydrogen (secondary N) is 1. The Morgan fingerprint density at radius 2 is 2.17 bits per heavy atom. The highest BCUT2D eigenvalue weighted by Gasteiger charge is 2.18. The van der Waals surface area contributed by atoms with Crippen molar-refractivity contribution in [2.75, 3.05) is 29.9 Å². The number of aromatic nitrogens is 1. The monoisotopic (exact) mass is 349 g/mol. The van der Waals surface area contributed by atoms with Gasteiger partial charge in [0.1, 0.15) is 16.9 Å². The summed E-state index contributed by atoms with van der Waals surface area (Å²) in [7, 11) is 0. The first-order valence-corrected chi connectivity index (χ1v) is 9.40. The van der Waals surface area contributed by atoms with Gasteiger partial charge in [0, 0.05) is 25.1 Å². The number of nitrogens with zero attached hydrogens (tertiary/aromatic N) is 2. The quantitative estimate of drug-likeness (QED) is 0.793. The molecular weight excluding hydrogens is 325 g/mol. The molecule has 4 nitrogen and oxygen atoms in total. The summed E-state index contributed by atoms with van der Waals surface area (Å²) in [6, 6.07) is 5.27. The Balaban J connectivity index is 1.70. The third kappa shape index (κ3) is 3.87. The van der Waals surface area contributed by atoms with E-state index in [9.17, 15) is 4.39 Å². The molecule has 0 radical (unpaired) electrons. The van der Waals surface area contributed by atoms with Crippen LogP contribution < -0.4 is 10.2 Å². The SMILES string of the molecule is CCO[C@H](C)c1nc(CNc2c(F)cccc2N2CCCC2)cs1. The predicted molar refractivity (Wildman–Crippen MR) is 97.3 cm³/mol. The maximum absolute atomic E-state index is 14.3. The maximum Gasteiger partial charge on any atom is 0.148 e. The fraction of sp³-hybridized carbons (Fsp3) is 0.500.